The molecule has 0 radical (unpaired) electrons. The summed E-state index contributed by atoms with van der Waals surface area (Å²) in [5.41, 5.74) is 2.38. The van der Waals surface area contributed by atoms with Crippen LogP contribution in [0.3, 0.4) is 0 Å². The standard InChI is InChI=1S/C11H10N2O/c14-10-6-5-8-7-3-1-2-4-9(7)12-11(8)13-10/h1-6,8,11-12H,(H,13,14). The lowest BCUT2D eigenvalue weighted by Gasteiger charge is -2.21. The van der Waals surface area contributed by atoms with E-state index in [0.717, 1.165) is 5.69 Å². The molecule has 2 aliphatic rings. The third kappa shape index (κ3) is 0.954. The molecule has 0 spiro atoms. The van der Waals surface area contributed by atoms with Gasteiger partial charge in [-0.3, -0.25) is 4.79 Å². The summed E-state index contributed by atoms with van der Waals surface area (Å²) in [6, 6.07) is 8.14. The summed E-state index contributed by atoms with van der Waals surface area (Å²) >= 11 is 0. The van der Waals surface area contributed by atoms with Gasteiger partial charge in [0.05, 0.1) is 0 Å². The molecular formula is C11H10N2O. The fourth-order valence-electron chi connectivity index (χ4n) is 2.09. The van der Waals surface area contributed by atoms with E-state index in [-0.39, 0.29) is 18.0 Å². The van der Waals surface area contributed by atoms with Gasteiger partial charge in [0.25, 0.3) is 0 Å². The van der Waals surface area contributed by atoms with Crippen LogP contribution in [0.25, 0.3) is 0 Å². The Morgan fingerprint density at radius 2 is 2.00 bits per heavy atom. The second kappa shape index (κ2) is 2.61. The number of benzene rings is 1. The molecule has 2 atom stereocenters. The minimum absolute atomic E-state index is 0.0217. The van der Waals surface area contributed by atoms with Gasteiger partial charge in [-0.15, -0.1) is 0 Å². The van der Waals surface area contributed by atoms with E-state index in [1.54, 1.807) is 6.08 Å². The zero-order chi connectivity index (χ0) is 9.54. The first-order chi connectivity index (χ1) is 6.84. The first-order valence-electron chi connectivity index (χ1n) is 4.69. The average Bonchev–Trinajstić information content (AvgIpc) is 2.54. The number of hydrogen-bond acceptors (Lipinski definition) is 2. The van der Waals surface area contributed by atoms with Gasteiger partial charge in [-0.1, -0.05) is 24.3 Å². The van der Waals surface area contributed by atoms with Crippen LogP contribution in [0.5, 0.6) is 0 Å². The molecule has 0 bridgehead atoms. The topological polar surface area (TPSA) is 41.1 Å². The summed E-state index contributed by atoms with van der Waals surface area (Å²) < 4.78 is 0. The zero-order valence-corrected chi connectivity index (χ0v) is 7.53. The van der Waals surface area contributed by atoms with Gasteiger partial charge < -0.3 is 10.6 Å². The number of hydrogen-bond donors (Lipinski definition) is 2. The predicted molar refractivity (Wildman–Crippen MR) is 53.9 cm³/mol. The molecular weight excluding hydrogens is 176 g/mol. The third-order valence-corrected chi connectivity index (χ3v) is 2.74. The lowest BCUT2D eigenvalue weighted by molar-refractivity contribution is -0.117. The van der Waals surface area contributed by atoms with E-state index < -0.39 is 0 Å². The molecule has 2 heterocycles. The van der Waals surface area contributed by atoms with Crippen LogP contribution in [0.4, 0.5) is 5.69 Å². The molecule has 0 aromatic heterocycles. The van der Waals surface area contributed by atoms with Crippen molar-refractivity contribution in [1.29, 1.82) is 0 Å². The highest BCUT2D eigenvalue weighted by Gasteiger charge is 2.32. The lowest BCUT2D eigenvalue weighted by atomic mass is 9.96. The predicted octanol–water partition coefficient (Wildman–Crippen LogP) is 1.21. The van der Waals surface area contributed by atoms with E-state index in [9.17, 15) is 4.79 Å². The van der Waals surface area contributed by atoms with Crippen molar-refractivity contribution in [3.63, 3.8) is 0 Å². The Labute approximate surface area is 81.8 Å². The Kier molecular flexibility index (Phi) is 1.42. The average molecular weight is 186 g/mol. The van der Waals surface area contributed by atoms with Gasteiger partial charge in [0, 0.05) is 11.6 Å². The summed E-state index contributed by atoms with van der Waals surface area (Å²) in [7, 11) is 0. The van der Waals surface area contributed by atoms with Gasteiger partial charge in [0.1, 0.15) is 6.17 Å². The molecule has 3 nitrogen and oxygen atoms in total. The van der Waals surface area contributed by atoms with E-state index in [4.69, 9.17) is 0 Å². The van der Waals surface area contributed by atoms with Crippen LogP contribution < -0.4 is 10.6 Å². The van der Waals surface area contributed by atoms with E-state index in [1.165, 1.54) is 5.56 Å². The second-order valence-corrected chi connectivity index (χ2v) is 3.60. The summed E-state index contributed by atoms with van der Waals surface area (Å²) in [6.45, 7) is 0. The Morgan fingerprint density at radius 3 is 2.93 bits per heavy atom. The van der Waals surface area contributed by atoms with Crippen molar-refractivity contribution in [2.45, 2.75) is 12.1 Å². The highest BCUT2D eigenvalue weighted by Crippen LogP contribution is 2.36. The van der Waals surface area contributed by atoms with E-state index in [2.05, 4.69) is 16.7 Å². The van der Waals surface area contributed by atoms with Gasteiger partial charge in [0.15, 0.2) is 0 Å². The minimum Gasteiger partial charge on any atom is -0.364 e. The maximum atomic E-state index is 11.1. The van der Waals surface area contributed by atoms with Crippen LogP contribution in [0.1, 0.15) is 11.5 Å². The number of fused-ring (bicyclic) bond motifs is 3. The first-order valence-corrected chi connectivity index (χ1v) is 4.69. The minimum atomic E-state index is -0.0217. The summed E-state index contributed by atoms with van der Waals surface area (Å²) in [5, 5.41) is 6.17. The summed E-state index contributed by atoms with van der Waals surface area (Å²) in [6.07, 6.45) is 3.60. The molecule has 70 valence electrons. The Morgan fingerprint density at radius 1 is 1.14 bits per heavy atom. The number of carbonyl (C=O) groups excluding carboxylic acids is 1. The molecule has 1 aromatic carbocycles. The van der Waals surface area contributed by atoms with E-state index >= 15 is 0 Å². The van der Waals surface area contributed by atoms with Crippen molar-refractivity contribution in [1.82, 2.24) is 5.32 Å². The molecule has 1 amide bonds. The first kappa shape index (κ1) is 7.62. The number of anilines is 1. The van der Waals surface area contributed by atoms with Crippen molar-refractivity contribution in [2.24, 2.45) is 0 Å². The Hall–Kier alpha value is -1.77. The largest absolute Gasteiger partial charge is 0.364 e. The number of carbonyl (C=O) groups is 1. The van der Waals surface area contributed by atoms with Crippen LogP contribution in [0, 0.1) is 0 Å². The van der Waals surface area contributed by atoms with Crippen LogP contribution in [0.2, 0.25) is 0 Å². The van der Waals surface area contributed by atoms with Gasteiger partial charge in [0.2, 0.25) is 5.91 Å². The Bertz CT molecular complexity index is 425. The quantitative estimate of drug-likeness (QED) is 0.639. The molecule has 0 saturated carbocycles. The lowest BCUT2D eigenvalue weighted by Crippen LogP contribution is -2.42. The molecule has 0 saturated heterocycles. The Balaban J connectivity index is 2.07. The molecule has 3 rings (SSSR count). The summed E-state index contributed by atoms with van der Waals surface area (Å²) in [5.74, 6) is 0.260. The smallest absolute Gasteiger partial charge is 0.245 e. The van der Waals surface area contributed by atoms with E-state index in [1.807, 2.05) is 24.3 Å². The third-order valence-electron chi connectivity index (χ3n) is 2.74. The van der Waals surface area contributed by atoms with Crippen LogP contribution in [-0.4, -0.2) is 12.1 Å². The SMILES string of the molecule is O=C1C=CC2c3ccccc3NC2N1. The molecule has 1 aromatic rings. The van der Waals surface area contributed by atoms with E-state index in [0.29, 0.717) is 0 Å². The molecule has 3 heteroatoms. The van der Waals surface area contributed by atoms with Crippen molar-refractivity contribution in [3.05, 3.63) is 42.0 Å². The molecule has 2 N–H and O–H groups in total. The molecule has 2 aliphatic heterocycles. The normalized spacial score (nSPS) is 27.6. The second-order valence-electron chi connectivity index (χ2n) is 3.60. The van der Waals surface area contributed by atoms with Gasteiger partial charge in [-0.25, -0.2) is 0 Å². The van der Waals surface area contributed by atoms with Crippen LogP contribution in [0.15, 0.2) is 36.4 Å². The number of nitrogens with one attached hydrogen (secondary N) is 2. The van der Waals surface area contributed by atoms with Crippen molar-refractivity contribution < 1.29 is 4.79 Å². The van der Waals surface area contributed by atoms with Crippen molar-refractivity contribution in [2.75, 3.05) is 5.32 Å². The molecule has 14 heavy (non-hydrogen) atoms. The molecule has 0 aliphatic carbocycles. The van der Waals surface area contributed by atoms with Gasteiger partial charge in [-0.05, 0) is 17.7 Å². The number of rotatable bonds is 0. The van der Waals surface area contributed by atoms with Crippen LogP contribution >= 0.6 is 0 Å². The fraction of sp³-hybridized carbons (Fsp3) is 0.182. The highest BCUT2D eigenvalue weighted by atomic mass is 16.1. The highest BCUT2D eigenvalue weighted by molar-refractivity contribution is 5.90. The number of para-hydroxylation sites is 1. The van der Waals surface area contributed by atoms with Crippen LogP contribution in [-0.2, 0) is 4.79 Å². The number of amides is 1. The van der Waals surface area contributed by atoms with Gasteiger partial charge in [-0.2, -0.15) is 0 Å². The van der Waals surface area contributed by atoms with Crippen molar-refractivity contribution in [3.8, 4) is 0 Å². The molecule has 2 unspecified atom stereocenters. The molecule has 0 fully saturated rings. The fourth-order valence-corrected chi connectivity index (χ4v) is 2.09. The monoisotopic (exact) mass is 186 g/mol. The summed E-state index contributed by atoms with van der Waals surface area (Å²) in [4.78, 5) is 11.1. The van der Waals surface area contributed by atoms with Crippen molar-refractivity contribution >= 4 is 11.6 Å². The van der Waals surface area contributed by atoms with Gasteiger partial charge >= 0.3 is 0 Å². The maximum Gasteiger partial charge on any atom is 0.245 e. The maximum absolute atomic E-state index is 11.1. The zero-order valence-electron chi connectivity index (χ0n) is 7.53.